The minimum Gasteiger partial charge on any atom is -0.508 e. The molecule has 0 aromatic heterocycles. The Morgan fingerprint density at radius 2 is 1.64 bits per heavy atom. The number of rotatable bonds is 9. The Bertz CT molecular complexity index is 1220. The molecule has 0 spiro atoms. The average molecular weight is 621 g/mol. The fourth-order valence-electron chi connectivity index (χ4n) is 11.0. The maximum Gasteiger partial charge on any atom is 0.122 e. The number of aryl methyl sites for hydroxylation is 1. The van der Waals surface area contributed by atoms with Crippen molar-refractivity contribution in [3.8, 4) is 11.5 Å². The summed E-state index contributed by atoms with van der Waals surface area (Å²) >= 11 is 0. The quantitative estimate of drug-likeness (QED) is 0.190. The number of aliphatic hydroxyl groups excluding tert-OH is 1. The summed E-state index contributed by atoms with van der Waals surface area (Å²) < 4.78 is 0. The molecule has 1 aromatic carbocycles. The topological polar surface area (TPSA) is 60.7 Å². The average Bonchev–Trinajstić information content (AvgIpc) is 3.25. The summed E-state index contributed by atoms with van der Waals surface area (Å²) in [6, 6.07) is 4.81. The Labute approximate surface area is 277 Å². The normalized spacial score (nSPS) is 34.1. The van der Waals surface area contributed by atoms with Gasteiger partial charge in [0.05, 0.1) is 6.10 Å². The summed E-state index contributed by atoms with van der Waals surface area (Å²) in [5.41, 5.74) is 7.34. The van der Waals surface area contributed by atoms with Crippen molar-refractivity contribution in [1.82, 2.24) is 0 Å². The van der Waals surface area contributed by atoms with E-state index in [1.807, 2.05) is 11.1 Å². The van der Waals surface area contributed by atoms with Gasteiger partial charge in [-0.1, -0.05) is 96.6 Å². The number of fused-ring (bicyclic) bond motifs is 4. The molecule has 4 aliphatic rings. The first-order chi connectivity index (χ1) is 21.1. The molecule has 3 heteroatoms. The molecule has 0 aliphatic heterocycles. The van der Waals surface area contributed by atoms with Crippen molar-refractivity contribution in [2.24, 2.45) is 39.4 Å². The predicted molar refractivity (Wildman–Crippen MR) is 190 cm³/mol. The van der Waals surface area contributed by atoms with E-state index in [2.05, 4.69) is 68.4 Å². The summed E-state index contributed by atoms with van der Waals surface area (Å²) in [7, 11) is 0. The molecular weight excluding hydrogens is 552 g/mol. The lowest BCUT2D eigenvalue weighted by Crippen LogP contribution is -2.55. The van der Waals surface area contributed by atoms with Crippen LogP contribution in [-0.4, -0.2) is 21.4 Å². The van der Waals surface area contributed by atoms with E-state index in [0.717, 1.165) is 36.7 Å². The van der Waals surface area contributed by atoms with Crippen LogP contribution in [0, 0.1) is 39.4 Å². The molecule has 254 valence electrons. The molecule has 45 heavy (non-hydrogen) atoms. The Morgan fingerprint density at radius 1 is 0.911 bits per heavy atom. The largest absolute Gasteiger partial charge is 0.508 e. The van der Waals surface area contributed by atoms with Gasteiger partial charge in [-0.15, -0.1) is 0 Å². The van der Waals surface area contributed by atoms with Gasteiger partial charge in [0, 0.05) is 6.07 Å². The number of hydrogen-bond acceptors (Lipinski definition) is 3. The van der Waals surface area contributed by atoms with Gasteiger partial charge >= 0.3 is 0 Å². The van der Waals surface area contributed by atoms with E-state index in [1.165, 1.54) is 88.7 Å². The first kappa shape index (κ1) is 36.1. The molecule has 0 saturated heterocycles. The molecule has 0 bridgehead atoms. The lowest BCUT2D eigenvalue weighted by Gasteiger charge is -2.62. The molecule has 4 aliphatic carbocycles. The minimum atomic E-state index is -0.130. The fraction of sp³-hybridized carbons (Fsp3) is 0.762. The van der Waals surface area contributed by atoms with Crippen LogP contribution < -0.4 is 0 Å². The third kappa shape index (κ3) is 6.95. The molecule has 0 amide bonds. The number of phenols is 2. The predicted octanol–water partition coefficient (Wildman–Crippen LogP) is 11.7. The van der Waals surface area contributed by atoms with E-state index in [-0.39, 0.29) is 23.0 Å². The molecule has 7 unspecified atom stereocenters. The van der Waals surface area contributed by atoms with E-state index < -0.39 is 0 Å². The van der Waals surface area contributed by atoms with Crippen molar-refractivity contribution >= 4 is 0 Å². The van der Waals surface area contributed by atoms with Crippen molar-refractivity contribution in [1.29, 1.82) is 0 Å². The third-order valence-corrected chi connectivity index (χ3v) is 14.0. The Kier molecular flexibility index (Phi) is 11.4. The van der Waals surface area contributed by atoms with Crippen molar-refractivity contribution in [3.63, 3.8) is 0 Å². The monoisotopic (exact) mass is 621 g/mol. The highest BCUT2D eigenvalue weighted by Crippen LogP contribution is 2.72. The summed E-state index contributed by atoms with van der Waals surface area (Å²) in [4.78, 5) is 0. The Morgan fingerprint density at radius 3 is 2.31 bits per heavy atom. The van der Waals surface area contributed by atoms with Gasteiger partial charge in [0.15, 0.2) is 0 Å². The highest BCUT2D eigenvalue weighted by atomic mass is 16.3. The van der Waals surface area contributed by atoms with Crippen molar-refractivity contribution in [3.05, 3.63) is 46.6 Å². The second-order valence-corrected chi connectivity index (χ2v) is 17.2. The van der Waals surface area contributed by atoms with E-state index >= 15 is 0 Å². The number of unbranched alkanes of at least 4 members (excludes halogenated alkanes) is 3. The first-order valence-corrected chi connectivity index (χ1v) is 18.7. The highest BCUT2D eigenvalue weighted by Gasteiger charge is 2.63. The van der Waals surface area contributed by atoms with E-state index in [0.29, 0.717) is 22.2 Å². The van der Waals surface area contributed by atoms with Crippen LogP contribution in [0.15, 0.2) is 41.0 Å². The van der Waals surface area contributed by atoms with Gasteiger partial charge in [-0.2, -0.15) is 0 Å². The van der Waals surface area contributed by atoms with Crippen molar-refractivity contribution < 1.29 is 15.3 Å². The number of phenolic OH excluding ortho intramolecular Hbond substituents is 2. The zero-order valence-corrected chi connectivity index (χ0v) is 30.6. The van der Waals surface area contributed by atoms with E-state index in [9.17, 15) is 10.2 Å². The van der Waals surface area contributed by atoms with Crippen LogP contribution in [0.4, 0.5) is 0 Å². The van der Waals surface area contributed by atoms with Crippen LogP contribution in [0.1, 0.15) is 158 Å². The molecule has 0 radical (unpaired) electrons. The van der Waals surface area contributed by atoms with Crippen LogP contribution in [0.5, 0.6) is 11.5 Å². The highest BCUT2D eigenvalue weighted by molar-refractivity contribution is 5.40. The van der Waals surface area contributed by atoms with E-state index in [1.54, 1.807) is 12.1 Å². The van der Waals surface area contributed by atoms with Crippen LogP contribution in [0.2, 0.25) is 0 Å². The molecule has 3 nitrogen and oxygen atoms in total. The van der Waals surface area contributed by atoms with Gasteiger partial charge in [-0.25, -0.2) is 0 Å². The number of benzene rings is 1. The standard InChI is InChI=1S/C30H50O.C12H18O2/c1-20(2)10-9-11-21(3)22-14-18-30(8)24-12-13-25-27(4,5)26(31)16-17-28(25,6)23(24)15-19-29(22,30)7;1-2-3-4-5-6-10-7-8-11(13)9-12(10)14/h10,21-22,25-26,31H,9,11-19H2,1-8H3;7-9,13-14H,2-6H2,1H3. The van der Waals surface area contributed by atoms with Gasteiger partial charge in [0.1, 0.15) is 11.5 Å². The smallest absolute Gasteiger partial charge is 0.122 e. The molecule has 2 saturated carbocycles. The summed E-state index contributed by atoms with van der Waals surface area (Å²) in [5.74, 6) is 2.66. The molecule has 7 atom stereocenters. The van der Waals surface area contributed by atoms with Gasteiger partial charge in [-0.3, -0.25) is 0 Å². The summed E-state index contributed by atoms with van der Waals surface area (Å²) in [6.45, 7) is 21.8. The molecule has 3 N–H and O–H groups in total. The SMILES string of the molecule is CC(C)=CCCC(C)C1CCC2(C)C3=C(CCC12C)C1(C)CCC(O)C(C)(C)C1CC3.CCCCCCc1ccc(O)cc1O. The lowest BCUT2D eigenvalue weighted by molar-refractivity contribution is -0.0962. The minimum absolute atomic E-state index is 0.0465. The number of aromatic hydroxyl groups is 2. The maximum atomic E-state index is 10.8. The Hall–Kier alpha value is -1.74. The maximum absolute atomic E-state index is 10.8. The van der Waals surface area contributed by atoms with Crippen molar-refractivity contribution in [2.45, 2.75) is 165 Å². The second kappa shape index (κ2) is 14.2. The summed E-state index contributed by atoms with van der Waals surface area (Å²) in [5, 5.41) is 29.4. The number of allylic oxidation sites excluding steroid dienone is 4. The van der Waals surface area contributed by atoms with Crippen LogP contribution in [0.3, 0.4) is 0 Å². The number of aliphatic hydroxyl groups is 1. The van der Waals surface area contributed by atoms with Gasteiger partial charge in [0.25, 0.3) is 0 Å². The number of hydrogen-bond donors (Lipinski definition) is 3. The van der Waals surface area contributed by atoms with Crippen LogP contribution >= 0.6 is 0 Å². The molecule has 1 aromatic rings. The van der Waals surface area contributed by atoms with Gasteiger partial charge in [0.2, 0.25) is 0 Å². The van der Waals surface area contributed by atoms with Crippen LogP contribution in [-0.2, 0) is 6.42 Å². The van der Waals surface area contributed by atoms with Gasteiger partial charge < -0.3 is 15.3 Å². The summed E-state index contributed by atoms with van der Waals surface area (Å²) in [6.07, 6.45) is 20.8. The van der Waals surface area contributed by atoms with Crippen molar-refractivity contribution in [2.75, 3.05) is 0 Å². The van der Waals surface area contributed by atoms with Gasteiger partial charge in [-0.05, 0) is 142 Å². The zero-order chi connectivity index (χ0) is 33.2. The van der Waals surface area contributed by atoms with E-state index in [4.69, 9.17) is 5.11 Å². The Balaban J connectivity index is 0.000000276. The van der Waals surface area contributed by atoms with Crippen LogP contribution in [0.25, 0.3) is 0 Å². The second-order valence-electron chi connectivity index (χ2n) is 17.2. The molecule has 0 heterocycles. The lowest BCUT2D eigenvalue weighted by atomic mass is 9.43. The molecule has 5 rings (SSSR count). The third-order valence-electron chi connectivity index (χ3n) is 14.0. The molecular formula is C42H68O3. The zero-order valence-electron chi connectivity index (χ0n) is 30.6. The molecule has 2 fully saturated rings. The fourth-order valence-corrected chi connectivity index (χ4v) is 11.0. The first-order valence-electron chi connectivity index (χ1n) is 18.7.